The molecule has 2 N–H and O–H groups in total. The van der Waals surface area contributed by atoms with Gasteiger partial charge < -0.3 is 20.3 Å². The summed E-state index contributed by atoms with van der Waals surface area (Å²) >= 11 is 7.14. The summed E-state index contributed by atoms with van der Waals surface area (Å²) in [6.45, 7) is 12.2. The number of rotatable bonds is 10. The number of benzene rings is 1. The minimum absolute atomic E-state index is 0.0613. The number of carbonyl (C=O) groups excluding carboxylic acids is 3. The molecular weight excluding hydrogens is 531 g/mol. The molecule has 8 nitrogen and oxygen atoms in total. The Hall–Kier alpha value is -2.53. The van der Waals surface area contributed by atoms with Gasteiger partial charge in [0.05, 0.1) is 21.5 Å². The third-order valence-corrected chi connectivity index (χ3v) is 7.00. The molecule has 0 aliphatic carbocycles. The molecule has 1 aliphatic heterocycles. The van der Waals surface area contributed by atoms with Gasteiger partial charge in [-0.3, -0.25) is 19.3 Å². The first-order valence-corrected chi connectivity index (χ1v) is 13.8. The van der Waals surface area contributed by atoms with Crippen molar-refractivity contribution in [2.24, 2.45) is 11.3 Å². The van der Waals surface area contributed by atoms with Crippen molar-refractivity contribution < 1.29 is 23.5 Å². The van der Waals surface area contributed by atoms with E-state index in [1.807, 2.05) is 0 Å². The van der Waals surface area contributed by atoms with Gasteiger partial charge in [0.2, 0.25) is 5.91 Å². The van der Waals surface area contributed by atoms with Crippen LogP contribution in [0.5, 0.6) is 0 Å². The molecule has 0 spiro atoms. The molecule has 1 aromatic heterocycles. The molecule has 1 saturated heterocycles. The molecule has 1 fully saturated rings. The van der Waals surface area contributed by atoms with Crippen molar-refractivity contribution in [2.75, 3.05) is 49.6 Å². The molecular formula is C27H36ClFN4O4S. The first kappa shape index (κ1) is 30.0. The van der Waals surface area contributed by atoms with Crippen molar-refractivity contribution in [3.8, 4) is 0 Å². The van der Waals surface area contributed by atoms with Crippen molar-refractivity contribution in [3.63, 3.8) is 0 Å². The number of ether oxygens (including phenoxy) is 1. The molecule has 3 amide bonds. The molecule has 1 atom stereocenters. The summed E-state index contributed by atoms with van der Waals surface area (Å²) in [7, 11) is 0. The smallest absolute Gasteiger partial charge is 0.261 e. The highest BCUT2D eigenvalue weighted by Crippen LogP contribution is 2.26. The highest BCUT2D eigenvalue weighted by Gasteiger charge is 2.31. The van der Waals surface area contributed by atoms with Crippen LogP contribution in [0.1, 0.15) is 44.3 Å². The van der Waals surface area contributed by atoms with Crippen LogP contribution in [0.25, 0.3) is 0 Å². The minimum atomic E-state index is -0.709. The van der Waals surface area contributed by atoms with Gasteiger partial charge >= 0.3 is 0 Å². The topological polar surface area (TPSA) is 91.0 Å². The van der Waals surface area contributed by atoms with Crippen LogP contribution in [0, 0.1) is 17.2 Å². The number of thiophene rings is 1. The van der Waals surface area contributed by atoms with E-state index in [0.29, 0.717) is 28.9 Å². The maximum absolute atomic E-state index is 15.0. The first-order chi connectivity index (χ1) is 17.8. The second-order valence-electron chi connectivity index (χ2n) is 11.0. The van der Waals surface area contributed by atoms with Crippen molar-refractivity contribution in [3.05, 3.63) is 45.4 Å². The molecule has 1 aliphatic rings. The predicted molar refractivity (Wildman–Crippen MR) is 150 cm³/mol. The lowest BCUT2D eigenvalue weighted by Gasteiger charge is -2.36. The molecule has 11 heteroatoms. The minimum Gasteiger partial charge on any atom is -0.370 e. The number of morpholine rings is 1. The van der Waals surface area contributed by atoms with Gasteiger partial charge in [-0.05, 0) is 41.7 Å². The normalized spacial score (nSPS) is 15.2. The molecule has 0 radical (unpaired) electrons. The van der Waals surface area contributed by atoms with E-state index in [1.54, 1.807) is 18.2 Å². The Balaban J connectivity index is 1.81. The molecule has 0 saturated carbocycles. The van der Waals surface area contributed by atoms with E-state index < -0.39 is 11.9 Å². The molecule has 2 aromatic rings. The number of anilines is 2. The van der Waals surface area contributed by atoms with Crippen LogP contribution in [0.2, 0.25) is 4.34 Å². The van der Waals surface area contributed by atoms with E-state index >= 15 is 0 Å². The Bertz CT molecular complexity index is 1150. The van der Waals surface area contributed by atoms with E-state index in [4.69, 9.17) is 16.3 Å². The van der Waals surface area contributed by atoms with Gasteiger partial charge in [0.25, 0.3) is 11.8 Å². The van der Waals surface area contributed by atoms with Gasteiger partial charge in [0, 0.05) is 31.9 Å². The second kappa shape index (κ2) is 13.0. The van der Waals surface area contributed by atoms with Crippen molar-refractivity contribution in [2.45, 2.75) is 40.7 Å². The molecule has 1 aromatic carbocycles. The van der Waals surface area contributed by atoms with E-state index in [0.717, 1.165) is 11.3 Å². The standard InChI is InChI=1S/C27H36ClFN4O4S/c1-17(2)14-32(16-27(3,4)5)21(13-30-26(36)22-8-9-23(28)38-22)25(35)31-18-6-7-20(19(29)12-18)33-10-11-37-15-24(33)34/h6-9,12,17,21H,10-11,13-16H2,1-5H3,(H,30,36)(H,31,35)/t21-/m0/s1. The van der Waals surface area contributed by atoms with Crippen LogP contribution < -0.4 is 15.5 Å². The van der Waals surface area contributed by atoms with E-state index in [9.17, 15) is 18.8 Å². The molecule has 2 heterocycles. The Morgan fingerprint density at radius 3 is 2.55 bits per heavy atom. The third-order valence-electron chi connectivity index (χ3n) is 5.77. The van der Waals surface area contributed by atoms with Crippen molar-refractivity contribution in [1.29, 1.82) is 0 Å². The Labute approximate surface area is 232 Å². The number of nitrogens with zero attached hydrogens (tertiary/aromatic N) is 2. The summed E-state index contributed by atoms with van der Waals surface area (Å²) in [4.78, 5) is 42.3. The van der Waals surface area contributed by atoms with Gasteiger partial charge in [-0.15, -0.1) is 11.3 Å². The van der Waals surface area contributed by atoms with E-state index in [1.165, 1.54) is 17.0 Å². The van der Waals surface area contributed by atoms with Gasteiger partial charge in [0.15, 0.2) is 0 Å². The SMILES string of the molecule is CC(C)CN(CC(C)(C)C)[C@@H](CNC(=O)c1ccc(Cl)s1)C(=O)Nc1ccc(N2CCOCC2=O)c(F)c1. The Morgan fingerprint density at radius 2 is 1.97 bits per heavy atom. The lowest BCUT2D eigenvalue weighted by molar-refractivity contribution is -0.125. The highest BCUT2D eigenvalue weighted by molar-refractivity contribution is 7.18. The quantitative estimate of drug-likeness (QED) is 0.437. The maximum atomic E-state index is 15.0. The van der Waals surface area contributed by atoms with Crippen molar-refractivity contribution >= 4 is 52.0 Å². The van der Waals surface area contributed by atoms with Crippen LogP contribution in [0.15, 0.2) is 30.3 Å². The fraction of sp³-hybridized carbons (Fsp3) is 0.519. The van der Waals surface area contributed by atoms with Gasteiger partial charge in [-0.1, -0.05) is 46.2 Å². The third kappa shape index (κ3) is 8.49. The van der Waals surface area contributed by atoms with Crippen LogP contribution in [-0.4, -0.2) is 68.1 Å². The highest BCUT2D eigenvalue weighted by atomic mass is 35.5. The van der Waals surface area contributed by atoms with E-state index in [2.05, 4.69) is 50.2 Å². The zero-order chi connectivity index (χ0) is 28.0. The number of hydrogen-bond acceptors (Lipinski definition) is 6. The Morgan fingerprint density at radius 1 is 1.24 bits per heavy atom. The summed E-state index contributed by atoms with van der Waals surface area (Å²) < 4.78 is 20.6. The zero-order valence-corrected chi connectivity index (χ0v) is 24.0. The molecule has 0 bridgehead atoms. The molecule has 208 valence electrons. The summed E-state index contributed by atoms with van der Waals surface area (Å²) in [6.07, 6.45) is 0. The molecule has 3 rings (SSSR count). The van der Waals surface area contributed by atoms with Crippen LogP contribution >= 0.6 is 22.9 Å². The molecule has 38 heavy (non-hydrogen) atoms. The molecule has 0 unspecified atom stereocenters. The largest absolute Gasteiger partial charge is 0.370 e. The average molecular weight is 567 g/mol. The Kier molecular flexibility index (Phi) is 10.3. The number of amides is 3. The average Bonchev–Trinajstić information content (AvgIpc) is 3.25. The fourth-order valence-electron chi connectivity index (χ4n) is 4.28. The predicted octanol–water partition coefficient (Wildman–Crippen LogP) is 4.65. The van der Waals surface area contributed by atoms with E-state index in [-0.39, 0.29) is 60.1 Å². The second-order valence-corrected chi connectivity index (χ2v) is 12.7. The number of halogens is 2. The summed E-state index contributed by atoms with van der Waals surface area (Å²) in [5, 5.41) is 5.68. The van der Waals surface area contributed by atoms with Crippen LogP contribution in [0.3, 0.4) is 0 Å². The van der Waals surface area contributed by atoms with Gasteiger partial charge in [-0.2, -0.15) is 0 Å². The zero-order valence-electron chi connectivity index (χ0n) is 22.5. The number of nitrogens with one attached hydrogen (secondary N) is 2. The lowest BCUT2D eigenvalue weighted by Crippen LogP contribution is -2.53. The van der Waals surface area contributed by atoms with Crippen LogP contribution in [0.4, 0.5) is 15.8 Å². The van der Waals surface area contributed by atoms with Crippen LogP contribution in [-0.2, 0) is 14.3 Å². The summed E-state index contributed by atoms with van der Waals surface area (Å²) in [5.74, 6) is -1.35. The van der Waals surface area contributed by atoms with Gasteiger partial charge in [0.1, 0.15) is 18.5 Å². The monoisotopic (exact) mass is 566 g/mol. The lowest BCUT2D eigenvalue weighted by atomic mass is 9.94. The van der Waals surface area contributed by atoms with Crippen molar-refractivity contribution in [1.82, 2.24) is 10.2 Å². The first-order valence-electron chi connectivity index (χ1n) is 12.6. The summed E-state index contributed by atoms with van der Waals surface area (Å²) in [6, 6.07) is 6.83. The van der Waals surface area contributed by atoms with Gasteiger partial charge in [-0.25, -0.2) is 4.39 Å². The maximum Gasteiger partial charge on any atom is 0.261 e. The fourth-order valence-corrected chi connectivity index (χ4v) is 5.24. The summed E-state index contributed by atoms with van der Waals surface area (Å²) in [5.41, 5.74) is 0.291. The number of carbonyl (C=O) groups is 3. The number of hydrogen-bond donors (Lipinski definition) is 2.